The van der Waals surface area contributed by atoms with Gasteiger partial charge in [0, 0.05) is 11.5 Å². The summed E-state index contributed by atoms with van der Waals surface area (Å²) in [7, 11) is 0. The van der Waals surface area contributed by atoms with E-state index >= 15 is 0 Å². The van der Waals surface area contributed by atoms with E-state index in [0.717, 1.165) is 0 Å². The molecule has 0 aromatic rings. The first-order valence-corrected chi connectivity index (χ1v) is 6.33. The SMILES string of the molecule is CC(=O)[C@@H]1C[C@H](C(=O)O)[C@@]1(C)CCC=C(C)C(=O)O. The van der Waals surface area contributed by atoms with Crippen molar-refractivity contribution in [3.8, 4) is 0 Å². The lowest BCUT2D eigenvalue weighted by atomic mass is 9.51. The van der Waals surface area contributed by atoms with Gasteiger partial charge in [-0.15, -0.1) is 0 Å². The monoisotopic (exact) mass is 268 g/mol. The van der Waals surface area contributed by atoms with E-state index in [-0.39, 0.29) is 17.3 Å². The van der Waals surface area contributed by atoms with Crippen molar-refractivity contribution in [1.29, 1.82) is 0 Å². The Morgan fingerprint density at radius 2 is 1.79 bits per heavy atom. The summed E-state index contributed by atoms with van der Waals surface area (Å²) in [6, 6.07) is 0. The Morgan fingerprint density at radius 3 is 2.21 bits per heavy atom. The largest absolute Gasteiger partial charge is 0.481 e. The molecule has 0 saturated heterocycles. The molecule has 0 bridgehead atoms. The lowest BCUT2D eigenvalue weighted by Crippen LogP contribution is -2.53. The average Bonchev–Trinajstić information content (AvgIpc) is 2.25. The average molecular weight is 268 g/mol. The Bertz CT molecular complexity index is 415. The van der Waals surface area contributed by atoms with Crippen molar-refractivity contribution in [3.63, 3.8) is 0 Å². The molecule has 0 heterocycles. The second-order valence-electron chi connectivity index (χ2n) is 5.53. The number of ketones is 1. The van der Waals surface area contributed by atoms with Crippen LogP contribution >= 0.6 is 0 Å². The van der Waals surface area contributed by atoms with Crippen molar-refractivity contribution in [3.05, 3.63) is 11.6 Å². The summed E-state index contributed by atoms with van der Waals surface area (Å²) in [5.74, 6) is -2.58. The van der Waals surface area contributed by atoms with Crippen molar-refractivity contribution in [1.82, 2.24) is 0 Å². The van der Waals surface area contributed by atoms with Gasteiger partial charge < -0.3 is 10.2 Å². The van der Waals surface area contributed by atoms with Crippen LogP contribution in [0, 0.1) is 17.3 Å². The standard InChI is InChI=1S/C14H20O5/c1-8(12(16)17)5-4-6-14(3)10(9(2)15)7-11(14)13(18)19/h5,10-11H,4,6-7H2,1-3H3,(H,16,17)(H,18,19)/t10-,11+,14-/m0/s1. The third-order valence-electron chi connectivity index (χ3n) is 4.32. The fourth-order valence-corrected chi connectivity index (χ4v) is 2.91. The lowest BCUT2D eigenvalue weighted by Gasteiger charge is -2.51. The van der Waals surface area contributed by atoms with E-state index in [1.165, 1.54) is 13.8 Å². The zero-order valence-electron chi connectivity index (χ0n) is 11.5. The van der Waals surface area contributed by atoms with Gasteiger partial charge in [-0.25, -0.2) is 4.79 Å². The molecule has 0 aromatic carbocycles. The molecule has 1 saturated carbocycles. The number of hydrogen-bond acceptors (Lipinski definition) is 3. The molecule has 106 valence electrons. The number of rotatable bonds is 6. The van der Waals surface area contributed by atoms with Gasteiger partial charge in [-0.05, 0) is 38.5 Å². The number of Topliss-reactive ketones (excluding diaryl/α,β-unsaturated/α-hetero) is 1. The number of carboxylic acid groups (broad SMARTS) is 2. The number of carbonyl (C=O) groups excluding carboxylic acids is 1. The van der Waals surface area contributed by atoms with Crippen LogP contribution in [-0.2, 0) is 14.4 Å². The van der Waals surface area contributed by atoms with Crippen molar-refractivity contribution < 1.29 is 24.6 Å². The van der Waals surface area contributed by atoms with E-state index < -0.39 is 23.3 Å². The Morgan fingerprint density at radius 1 is 1.21 bits per heavy atom. The number of allylic oxidation sites excluding steroid dienone is 1. The second kappa shape index (κ2) is 5.55. The van der Waals surface area contributed by atoms with Gasteiger partial charge in [-0.3, -0.25) is 9.59 Å². The van der Waals surface area contributed by atoms with E-state index in [2.05, 4.69) is 0 Å². The van der Waals surface area contributed by atoms with Crippen molar-refractivity contribution in [2.24, 2.45) is 17.3 Å². The quantitative estimate of drug-likeness (QED) is 0.720. The van der Waals surface area contributed by atoms with E-state index in [1.54, 1.807) is 6.08 Å². The molecule has 5 nitrogen and oxygen atoms in total. The topological polar surface area (TPSA) is 91.7 Å². The fraction of sp³-hybridized carbons (Fsp3) is 0.643. The van der Waals surface area contributed by atoms with Crippen LogP contribution in [0.25, 0.3) is 0 Å². The van der Waals surface area contributed by atoms with Crippen molar-refractivity contribution >= 4 is 17.7 Å². The molecule has 0 aromatic heterocycles. The normalized spacial score (nSPS) is 30.6. The molecule has 1 aliphatic rings. The summed E-state index contributed by atoms with van der Waals surface area (Å²) < 4.78 is 0. The molecule has 1 aliphatic carbocycles. The van der Waals surface area contributed by atoms with E-state index in [1.807, 2.05) is 6.92 Å². The number of carbonyl (C=O) groups is 3. The highest BCUT2D eigenvalue weighted by Crippen LogP contribution is 2.55. The number of hydrogen-bond donors (Lipinski definition) is 2. The summed E-state index contributed by atoms with van der Waals surface area (Å²) in [4.78, 5) is 33.3. The van der Waals surface area contributed by atoms with Crippen LogP contribution in [0.15, 0.2) is 11.6 Å². The van der Waals surface area contributed by atoms with Gasteiger partial charge in [0.1, 0.15) is 5.78 Å². The molecule has 1 rings (SSSR count). The molecule has 0 unspecified atom stereocenters. The first kappa shape index (κ1) is 15.4. The Balaban J connectivity index is 2.75. The molecule has 5 heteroatoms. The van der Waals surface area contributed by atoms with Crippen molar-refractivity contribution in [2.45, 2.75) is 40.0 Å². The maximum absolute atomic E-state index is 11.5. The van der Waals surface area contributed by atoms with Crippen LogP contribution in [0.5, 0.6) is 0 Å². The predicted molar refractivity (Wildman–Crippen MR) is 68.6 cm³/mol. The molecular formula is C14H20O5. The molecular weight excluding hydrogens is 248 g/mol. The predicted octanol–water partition coefficient (Wildman–Crippen LogP) is 2.11. The molecule has 0 aliphatic heterocycles. The fourth-order valence-electron chi connectivity index (χ4n) is 2.91. The summed E-state index contributed by atoms with van der Waals surface area (Å²) in [6.45, 7) is 4.80. The van der Waals surface area contributed by atoms with Crippen LogP contribution in [0.3, 0.4) is 0 Å². The number of carboxylic acids is 2. The zero-order chi connectivity index (χ0) is 14.8. The molecule has 0 spiro atoms. The lowest BCUT2D eigenvalue weighted by molar-refractivity contribution is -0.165. The van der Waals surface area contributed by atoms with Crippen LogP contribution < -0.4 is 0 Å². The molecule has 1 fully saturated rings. The Labute approximate surface area is 112 Å². The van der Waals surface area contributed by atoms with Gasteiger partial charge in [0.15, 0.2) is 0 Å². The van der Waals surface area contributed by atoms with E-state index in [9.17, 15) is 14.4 Å². The van der Waals surface area contributed by atoms with Gasteiger partial charge in [0.25, 0.3) is 0 Å². The second-order valence-corrected chi connectivity index (χ2v) is 5.53. The smallest absolute Gasteiger partial charge is 0.330 e. The summed E-state index contributed by atoms with van der Waals surface area (Å²) in [6.07, 6.45) is 2.96. The highest BCUT2D eigenvalue weighted by Gasteiger charge is 2.56. The third kappa shape index (κ3) is 3.03. The summed E-state index contributed by atoms with van der Waals surface area (Å²) in [5, 5.41) is 17.9. The van der Waals surface area contributed by atoms with Gasteiger partial charge in [0.05, 0.1) is 5.92 Å². The molecule has 2 N–H and O–H groups in total. The van der Waals surface area contributed by atoms with E-state index in [0.29, 0.717) is 19.3 Å². The minimum Gasteiger partial charge on any atom is -0.481 e. The van der Waals surface area contributed by atoms with Crippen LogP contribution in [-0.4, -0.2) is 27.9 Å². The Kier molecular flexibility index (Phi) is 4.50. The maximum Gasteiger partial charge on any atom is 0.330 e. The van der Waals surface area contributed by atoms with E-state index in [4.69, 9.17) is 10.2 Å². The van der Waals surface area contributed by atoms with Crippen LogP contribution in [0.1, 0.15) is 40.0 Å². The van der Waals surface area contributed by atoms with Crippen LogP contribution in [0.2, 0.25) is 0 Å². The summed E-state index contributed by atoms with van der Waals surface area (Å²) in [5.41, 5.74) is -0.318. The molecule has 0 amide bonds. The van der Waals surface area contributed by atoms with Gasteiger partial charge in [0.2, 0.25) is 0 Å². The molecule has 0 radical (unpaired) electrons. The van der Waals surface area contributed by atoms with Gasteiger partial charge >= 0.3 is 11.9 Å². The highest BCUT2D eigenvalue weighted by molar-refractivity contribution is 5.86. The van der Waals surface area contributed by atoms with Gasteiger partial charge in [-0.1, -0.05) is 13.0 Å². The number of aliphatic carboxylic acids is 2. The first-order valence-electron chi connectivity index (χ1n) is 6.33. The summed E-state index contributed by atoms with van der Waals surface area (Å²) >= 11 is 0. The van der Waals surface area contributed by atoms with Gasteiger partial charge in [-0.2, -0.15) is 0 Å². The van der Waals surface area contributed by atoms with Crippen molar-refractivity contribution in [2.75, 3.05) is 0 Å². The third-order valence-corrected chi connectivity index (χ3v) is 4.32. The first-order chi connectivity index (χ1) is 8.70. The molecule has 3 atom stereocenters. The zero-order valence-corrected chi connectivity index (χ0v) is 11.5. The maximum atomic E-state index is 11.5. The highest BCUT2D eigenvalue weighted by atomic mass is 16.4. The molecule has 19 heavy (non-hydrogen) atoms. The Hall–Kier alpha value is -1.65. The van der Waals surface area contributed by atoms with Crippen LogP contribution in [0.4, 0.5) is 0 Å². The minimum atomic E-state index is -0.975. The minimum absolute atomic E-state index is 0.0129.